The summed E-state index contributed by atoms with van der Waals surface area (Å²) in [5.74, 6) is 0.552. The number of rotatable bonds is 4. The van der Waals surface area contributed by atoms with Crippen LogP contribution in [-0.4, -0.2) is 39.7 Å². The van der Waals surface area contributed by atoms with E-state index in [0.717, 1.165) is 24.9 Å². The highest BCUT2D eigenvalue weighted by atomic mass is 35.5. The number of likely N-dealkylation sites (tertiary alicyclic amines) is 1. The molecule has 3 heterocycles. The van der Waals surface area contributed by atoms with Gasteiger partial charge in [0.05, 0.1) is 12.0 Å². The lowest BCUT2D eigenvalue weighted by molar-refractivity contribution is 0.0617. The first kappa shape index (κ1) is 17.8. The monoisotopic (exact) mass is 384 g/mol. The molecule has 1 aliphatic rings. The van der Waals surface area contributed by atoms with Crippen molar-refractivity contribution in [3.8, 4) is 17.1 Å². The molecule has 1 saturated heterocycles. The number of hydrogen-bond donors (Lipinski definition) is 1. The lowest BCUT2D eigenvalue weighted by Crippen LogP contribution is -2.47. The number of aromatic nitrogens is 2. The lowest BCUT2D eigenvalue weighted by Gasteiger charge is -2.34. The van der Waals surface area contributed by atoms with Crippen molar-refractivity contribution in [2.24, 2.45) is 5.73 Å². The summed E-state index contributed by atoms with van der Waals surface area (Å²) < 4.78 is 7.27. The van der Waals surface area contributed by atoms with Crippen molar-refractivity contribution < 1.29 is 9.21 Å². The molecule has 0 aliphatic carbocycles. The van der Waals surface area contributed by atoms with E-state index in [4.69, 9.17) is 21.8 Å². The van der Waals surface area contributed by atoms with Gasteiger partial charge >= 0.3 is 0 Å². The van der Waals surface area contributed by atoms with Crippen molar-refractivity contribution in [2.45, 2.75) is 25.3 Å². The summed E-state index contributed by atoms with van der Waals surface area (Å²) in [4.78, 5) is 15.0. The maximum Gasteiger partial charge on any atom is 0.274 e. The van der Waals surface area contributed by atoms with Crippen molar-refractivity contribution in [1.29, 1.82) is 0 Å². The summed E-state index contributed by atoms with van der Waals surface area (Å²) in [6.07, 6.45) is 4.63. The number of halogens is 1. The number of furan rings is 1. The number of piperidine rings is 1. The molecule has 3 aromatic rings. The lowest BCUT2D eigenvalue weighted by atomic mass is 10.0. The Kier molecular flexibility index (Phi) is 5.01. The summed E-state index contributed by atoms with van der Waals surface area (Å²) >= 11 is 6.01. The molecule has 0 radical (unpaired) electrons. The van der Waals surface area contributed by atoms with Gasteiger partial charge in [-0.05, 0) is 55.7 Å². The van der Waals surface area contributed by atoms with Gasteiger partial charge in [0.2, 0.25) is 0 Å². The molecule has 27 heavy (non-hydrogen) atoms. The normalized spacial score (nSPS) is 17.3. The van der Waals surface area contributed by atoms with Crippen LogP contribution in [0.4, 0.5) is 0 Å². The molecule has 7 heteroatoms. The van der Waals surface area contributed by atoms with E-state index in [1.807, 2.05) is 29.2 Å². The highest BCUT2D eigenvalue weighted by Crippen LogP contribution is 2.27. The topological polar surface area (TPSA) is 77.3 Å². The smallest absolute Gasteiger partial charge is 0.274 e. The maximum atomic E-state index is 13.1. The van der Waals surface area contributed by atoms with Crippen molar-refractivity contribution in [1.82, 2.24) is 14.7 Å². The first-order chi connectivity index (χ1) is 13.2. The van der Waals surface area contributed by atoms with Crippen molar-refractivity contribution in [2.75, 3.05) is 13.1 Å². The standard InChI is InChI=1S/C20H21ClN4O2/c21-14-6-8-15(9-7-14)25-18(19-5-3-11-27-19)12-17(23-25)20(26)24-10-2-1-4-16(24)13-22/h3,5-9,11-12,16H,1-2,4,10,13,22H2. The highest BCUT2D eigenvalue weighted by Gasteiger charge is 2.29. The van der Waals surface area contributed by atoms with E-state index in [0.29, 0.717) is 35.3 Å². The molecule has 4 rings (SSSR count). The Morgan fingerprint density at radius 1 is 1.26 bits per heavy atom. The molecule has 1 aromatic carbocycles. The van der Waals surface area contributed by atoms with E-state index in [1.165, 1.54) is 0 Å². The quantitative estimate of drug-likeness (QED) is 0.743. The third-order valence-corrected chi connectivity index (χ3v) is 5.19. The van der Waals surface area contributed by atoms with E-state index in [2.05, 4.69) is 5.10 Å². The number of hydrogen-bond acceptors (Lipinski definition) is 4. The Morgan fingerprint density at radius 2 is 2.07 bits per heavy atom. The molecular formula is C20H21ClN4O2. The predicted molar refractivity (Wildman–Crippen MR) is 104 cm³/mol. The molecule has 0 bridgehead atoms. The Hall–Kier alpha value is -2.57. The number of nitrogens with two attached hydrogens (primary N) is 1. The molecule has 1 amide bonds. The predicted octanol–water partition coefficient (Wildman–Crippen LogP) is 3.74. The highest BCUT2D eigenvalue weighted by molar-refractivity contribution is 6.30. The van der Waals surface area contributed by atoms with Gasteiger partial charge in [-0.25, -0.2) is 4.68 Å². The summed E-state index contributed by atoms with van der Waals surface area (Å²) in [7, 11) is 0. The first-order valence-electron chi connectivity index (χ1n) is 9.08. The van der Waals surface area contributed by atoms with Crippen LogP contribution in [0.5, 0.6) is 0 Å². The van der Waals surface area contributed by atoms with Crippen molar-refractivity contribution >= 4 is 17.5 Å². The van der Waals surface area contributed by atoms with Gasteiger partial charge in [-0.1, -0.05) is 11.6 Å². The molecule has 140 valence electrons. The number of carbonyl (C=O) groups excluding carboxylic acids is 1. The van der Waals surface area contributed by atoms with Gasteiger partial charge in [0, 0.05) is 30.2 Å². The van der Waals surface area contributed by atoms with E-state index in [1.54, 1.807) is 29.1 Å². The molecule has 2 N–H and O–H groups in total. The zero-order valence-electron chi connectivity index (χ0n) is 14.8. The largest absolute Gasteiger partial charge is 0.463 e. The fraction of sp³-hybridized carbons (Fsp3) is 0.300. The fourth-order valence-electron chi connectivity index (χ4n) is 3.52. The summed E-state index contributed by atoms with van der Waals surface area (Å²) in [6.45, 7) is 1.18. The minimum absolute atomic E-state index is 0.0685. The SMILES string of the molecule is NCC1CCCCN1C(=O)c1cc(-c2ccco2)n(-c2ccc(Cl)cc2)n1. The number of benzene rings is 1. The van der Waals surface area contributed by atoms with Crippen LogP contribution in [0, 0.1) is 0 Å². The van der Waals surface area contributed by atoms with Crippen LogP contribution in [0.15, 0.2) is 53.1 Å². The second-order valence-electron chi connectivity index (χ2n) is 6.66. The zero-order chi connectivity index (χ0) is 18.8. The van der Waals surface area contributed by atoms with Crippen LogP contribution in [0.2, 0.25) is 5.02 Å². The van der Waals surface area contributed by atoms with Crippen LogP contribution < -0.4 is 5.73 Å². The van der Waals surface area contributed by atoms with Gasteiger partial charge in [0.1, 0.15) is 5.69 Å². The van der Waals surface area contributed by atoms with Crippen LogP contribution >= 0.6 is 11.6 Å². The third-order valence-electron chi connectivity index (χ3n) is 4.93. The Morgan fingerprint density at radius 3 is 2.78 bits per heavy atom. The summed E-state index contributed by atoms with van der Waals surface area (Å²) in [5, 5.41) is 5.23. The Balaban J connectivity index is 1.75. The van der Waals surface area contributed by atoms with Gasteiger partial charge in [-0.3, -0.25) is 4.79 Å². The first-order valence-corrected chi connectivity index (χ1v) is 9.46. The van der Waals surface area contributed by atoms with E-state index >= 15 is 0 Å². The molecule has 1 unspecified atom stereocenters. The van der Waals surface area contributed by atoms with Crippen molar-refractivity contribution in [3.05, 3.63) is 59.4 Å². The molecule has 1 fully saturated rings. The second-order valence-corrected chi connectivity index (χ2v) is 7.10. The Labute approximate surface area is 162 Å². The number of amides is 1. The number of nitrogens with zero attached hydrogens (tertiary/aromatic N) is 3. The number of carbonyl (C=O) groups is 1. The van der Waals surface area contributed by atoms with Gasteiger partial charge in [-0.2, -0.15) is 5.10 Å². The minimum Gasteiger partial charge on any atom is -0.463 e. The van der Waals surface area contributed by atoms with E-state index in [-0.39, 0.29) is 11.9 Å². The van der Waals surface area contributed by atoms with Crippen LogP contribution in [0.25, 0.3) is 17.1 Å². The van der Waals surface area contributed by atoms with Gasteiger partial charge in [0.15, 0.2) is 11.5 Å². The molecule has 2 aromatic heterocycles. The van der Waals surface area contributed by atoms with Crippen molar-refractivity contribution in [3.63, 3.8) is 0 Å². The molecule has 0 spiro atoms. The molecular weight excluding hydrogens is 364 g/mol. The van der Waals surface area contributed by atoms with Gasteiger partial charge < -0.3 is 15.1 Å². The minimum atomic E-state index is -0.0920. The summed E-state index contributed by atoms with van der Waals surface area (Å²) in [6, 6.07) is 12.8. The van der Waals surface area contributed by atoms with Crippen LogP contribution in [0.3, 0.4) is 0 Å². The van der Waals surface area contributed by atoms with Crippen LogP contribution in [-0.2, 0) is 0 Å². The average Bonchev–Trinajstić information content (AvgIpc) is 3.37. The fourth-order valence-corrected chi connectivity index (χ4v) is 3.65. The average molecular weight is 385 g/mol. The van der Waals surface area contributed by atoms with Crippen LogP contribution in [0.1, 0.15) is 29.8 Å². The second kappa shape index (κ2) is 7.58. The third kappa shape index (κ3) is 3.50. The molecule has 1 atom stereocenters. The molecule has 1 aliphatic heterocycles. The van der Waals surface area contributed by atoms with E-state index in [9.17, 15) is 4.79 Å². The molecule has 6 nitrogen and oxygen atoms in total. The Bertz CT molecular complexity index is 918. The maximum absolute atomic E-state index is 13.1. The van der Waals surface area contributed by atoms with E-state index < -0.39 is 0 Å². The van der Waals surface area contributed by atoms with Gasteiger partial charge in [0.25, 0.3) is 5.91 Å². The molecule has 0 saturated carbocycles. The summed E-state index contributed by atoms with van der Waals surface area (Å²) in [5.41, 5.74) is 7.79. The van der Waals surface area contributed by atoms with Gasteiger partial charge in [-0.15, -0.1) is 0 Å². The zero-order valence-corrected chi connectivity index (χ0v) is 15.6.